The van der Waals surface area contributed by atoms with Gasteiger partial charge in [0.2, 0.25) is 0 Å². The van der Waals surface area contributed by atoms with Gasteiger partial charge in [-0.25, -0.2) is 0 Å². The second-order valence-electron chi connectivity index (χ2n) is 4.62. The van der Waals surface area contributed by atoms with Crippen LogP contribution in [0.15, 0.2) is 53.0 Å². The SMILES string of the molecule is CCC(N)C(Oc1ccc(Br)cc1)c1ccc(Cl)cc1. The van der Waals surface area contributed by atoms with Crippen LogP contribution >= 0.6 is 27.5 Å². The van der Waals surface area contributed by atoms with Crippen LogP contribution in [0.3, 0.4) is 0 Å². The maximum Gasteiger partial charge on any atom is 0.139 e. The minimum absolute atomic E-state index is 0.0696. The fraction of sp³-hybridized carbons (Fsp3) is 0.250. The summed E-state index contributed by atoms with van der Waals surface area (Å²) in [6.07, 6.45) is 0.655. The Hall–Kier alpha value is -1.03. The second kappa shape index (κ2) is 7.11. The third-order valence-electron chi connectivity index (χ3n) is 3.14. The first-order valence-electron chi connectivity index (χ1n) is 6.53. The Bertz CT molecular complexity index is 541. The lowest BCUT2D eigenvalue weighted by molar-refractivity contribution is 0.171. The molecule has 2 nitrogen and oxygen atoms in total. The van der Waals surface area contributed by atoms with E-state index in [-0.39, 0.29) is 12.1 Å². The third-order valence-corrected chi connectivity index (χ3v) is 3.92. The number of rotatable bonds is 5. The Balaban J connectivity index is 2.23. The van der Waals surface area contributed by atoms with Crippen molar-refractivity contribution in [3.8, 4) is 5.75 Å². The van der Waals surface area contributed by atoms with E-state index < -0.39 is 0 Å². The van der Waals surface area contributed by atoms with Gasteiger partial charge in [0.25, 0.3) is 0 Å². The molecule has 2 rings (SSSR count). The van der Waals surface area contributed by atoms with Gasteiger partial charge in [-0.1, -0.05) is 46.6 Å². The average Bonchev–Trinajstić information content (AvgIpc) is 2.47. The van der Waals surface area contributed by atoms with E-state index in [1.807, 2.05) is 48.5 Å². The second-order valence-corrected chi connectivity index (χ2v) is 5.97. The molecule has 0 aliphatic carbocycles. The van der Waals surface area contributed by atoms with Crippen LogP contribution in [-0.4, -0.2) is 6.04 Å². The van der Waals surface area contributed by atoms with Crippen molar-refractivity contribution in [3.63, 3.8) is 0 Å². The van der Waals surface area contributed by atoms with Crippen LogP contribution in [0.2, 0.25) is 5.02 Å². The minimum Gasteiger partial charge on any atom is -0.484 e. The van der Waals surface area contributed by atoms with Crippen molar-refractivity contribution in [3.05, 3.63) is 63.6 Å². The minimum atomic E-state index is -0.182. The molecule has 0 bridgehead atoms. The molecule has 0 heterocycles. The van der Waals surface area contributed by atoms with Crippen LogP contribution in [0, 0.1) is 0 Å². The van der Waals surface area contributed by atoms with E-state index in [1.165, 1.54) is 0 Å². The van der Waals surface area contributed by atoms with E-state index in [2.05, 4.69) is 22.9 Å². The van der Waals surface area contributed by atoms with Gasteiger partial charge in [-0.2, -0.15) is 0 Å². The highest BCUT2D eigenvalue weighted by molar-refractivity contribution is 9.10. The van der Waals surface area contributed by atoms with Crippen molar-refractivity contribution in [2.45, 2.75) is 25.5 Å². The Kier molecular flexibility index (Phi) is 5.46. The van der Waals surface area contributed by atoms with E-state index >= 15 is 0 Å². The first-order chi connectivity index (χ1) is 9.60. The number of hydrogen-bond donors (Lipinski definition) is 1. The lowest BCUT2D eigenvalue weighted by atomic mass is 10.0. The van der Waals surface area contributed by atoms with Gasteiger partial charge in [-0.15, -0.1) is 0 Å². The molecular weight excluding hydrogens is 338 g/mol. The van der Waals surface area contributed by atoms with Crippen molar-refractivity contribution in [1.29, 1.82) is 0 Å². The molecule has 0 amide bonds. The molecule has 2 aromatic rings. The predicted octanol–water partition coefficient (Wildman–Crippen LogP) is 4.96. The lowest BCUT2D eigenvalue weighted by Gasteiger charge is -2.25. The van der Waals surface area contributed by atoms with Gasteiger partial charge in [0, 0.05) is 15.5 Å². The molecular formula is C16H17BrClNO. The normalized spacial score (nSPS) is 13.8. The van der Waals surface area contributed by atoms with Crippen LogP contribution < -0.4 is 10.5 Å². The zero-order valence-electron chi connectivity index (χ0n) is 11.2. The molecule has 2 N–H and O–H groups in total. The summed E-state index contributed by atoms with van der Waals surface area (Å²) in [6.45, 7) is 2.05. The number of benzene rings is 2. The van der Waals surface area contributed by atoms with Gasteiger partial charge in [-0.05, 0) is 48.4 Å². The third kappa shape index (κ3) is 3.98. The quantitative estimate of drug-likeness (QED) is 0.823. The maximum absolute atomic E-state index is 6.20. The van der Waals surface area contributed by atoms with Gasteiger partial charge in [0.05, 0.1) is 0 Å². The van der Waals surface area contributed by atoms with Crippen LogP contribution in [0.1, 0.15) is 25.0 Å². The summed E-state index contributed by atoms with van der Waals surface area (Å²) in [4.78, 5) is 0. The standard InChI is InChI=1S/C16H17BrClNO/c1-2-15(19)16(11-3-7-13(18)8-4-11)20-14-9-5-12(17)6-10-14/h3-10,15-16H,2,19H2,1H3. The molecule has 0 saturated carbocycles. The van der Waals surface area contributed by atoms with Crippen molar-refractivity contribution in [1.82, 2.24) is 0 Å². The van der Waals surface area contributed by atoms with Crippen molar-refractivity contribution >= 4 is 27.5 Å². The molecule has 0 saturated heterocycles. The monoisotopic (exact) mass is 353 g/mol. The summed E-state index contributed by atoms with van der Waals surface area (Å²) in [7, 11) is 0. The highest BCUT2D eigenvalue weighted by Crippen LogP contribution is 2.27. The van der Waals surface area contributed by atoms with Crippen molar-refractivity contribution in [2.24, 2.45) is 5.73 Å². The van der Waals surface area contributed by atoms with E-state index in [1.54, 1.807) is 0 Å². The van der Waals surface area contributed by atoms with E-state index in [0.29, 0.717) is 5.02 Å². The molecule has 2 aromatic carbocycles. The van der Waals surface area contributed by atoms with Gasteiger partial charge >= 0.3 is 0 Å². The molecule has 2 atom stereocenters. The topological polar surface area (TPSA) is 35.2 Å². The van der Waals surface area contributed by atoms with Gasteiger partial charge in [0.15, 0.2) is 0 Å². The summed E-state index contributed by atoms with van der Waals surface area (Å²) in [6, 6.07) is 15.3. The summed E-state index contributed by atoms with van der Waals surface area (Å²) < 4.78 is 7.08. The van der Waals surface area contributed by atoms with Crippen LogP contribution in [-0.2, 0) is 0 Å². The molecule has 0 aromatic heterocycles. The van der Waals surface area contributed by atoms with Crippen LogP contribution in [0.5, 0.6) is 5.75 Å². The Labute approximate surface area is 133 Å². The summed E-state index contributed by atoms with van der Waals surface area (Å²) in [5.74, 6) is 0.803. The molecule has 106 valence electrons. The first kappa shape index (κ1) is 15.4. The zero-order valence-corrected chi connectivity index (χ0v) is 13.6. The van der Waals surface area contributed by atoms with E-state index in [4.69, 9.17) is 22.1 Å². The number of ether oxygens (including phenoxy) is 1. The molecule has 2 unspecified atom stereocenters. The van der Waals surface area contributed by atoms with Gasteiger partial charge < -0.3 is 10.5 Å². The molecule has 0 radical (unpaired) electrons. The van der Waals surface area contributed by atoms with E-state index in [0.717, 1.165) is 22.2 Å². The maximum atomic E-state index is 6.20. The molecule has 0 aliphatic heterocycles. The predicted molar refractivity (Wildman–Crippen MR) is 87.2 cm³/mol. The molecule has 0 spiro atoms. The number of hydrogen-bond acceptors (Lipinski definition) is 2. The summed E-state index contributed by atoms with van der Waals surface area (Å²) in [5.41, 5.74) is 7.23. The smallest absolute Gasteiger partial charge is 0.139 e. The highest BCUT2D eigenvalue weighted by Gasteiger charge is 2.20. The fourth-order valence-corrected chi connectivity index (χ4v) is 2.32. The average molecular weight is 355 g/mol. The van der Waals surface area contributed by atoms with E-state index in [9.17, 15) is 0 Å². The molecule has 0 aliphatic rings. The summed E-state index contributed by atoms with van der Waals surface area (Å²) >= 11 is 9.34. The Morgan fingerprint density at radius 3 is 2.25 bits per heavy atom. The summed E-state index contributed by atoms with van der Waals surface area (Å²) in [5, 5.41) is 0.709. The Morgan fingerprint density at radius 2 is 1.70 bits per heavy atom. The molecule has 20 heavy (non-hydrogen) atoms. The fourth-order valence-electron chi connectivity index (χ4n) is 1.93. The Morgan fingerprint density at radius 1 is 1.10 bits per heavy atom. The van der Waals surface area contributed by atoms with Crippen LogP contribution in [0.4, 0.5) is 0 Å². The van der Waals surface area contributed by atoms with Crippen molar-refractivity contribution in [2.75, 3.05) is 0 Å². The van der Waals surface area contributed by atoms with Crippen LogP contribution in [0.25, 0.3) is 0 Å². The van der Waals surface area contributed by atoms with Gasteiger partial charge in [0.1, 0.15) is 11.9 Å². The largest absolute Gasteiger partial charge is 0.484 e. The zero-order chi connectivity index (χ0) is 14.5. The first-order valence-corrected chi connectivity index (χ1v) is 7.70. The van der Waals surface area contributed by atoms with Crippen molar-refractivity contribution < 1.29 is 4.74 Å². The highest BCUT2D eigenvalue weighted by atomic mass is 79.9. The van der Waals surface area contributed by atoms with Gasteiger partial charge in [-0.3, -0.25) is 0 Å². The number of halogens is 2. The number of nitrogens with two attached hydrogens (primary N) is 1. The lowest BCUT2D eigenvalue weighted by Crippen LogP contribution is -2.31. The molecule has 0 fully saturated rings. The molecule has 4 heteroatoms.